The molecule has 0 bridgehead atoms. The molecule has 2 aliphatic carbocycles. The van der Waals surface area contributed by atoms with Gasteiger partial charge in [0.25, 0.3) is 0 Å². The second kappa shape index (κ2) is 3.23. The maximum Gasteiger partial charge on any atom is 0.117 e. The van der Waals surface area contributed by atoms with Crippen molar-refractivity contribution < 1.29 is 0 Å². The first-order chi connectivity index (χ1) is 9.77. The van der Waals surface area contributed by atoms with Gasteiger partial charge in [-0.15, -0.1) is 0 Å². The Bertz CT molecular complexity index is 706. The average Bonchev–Trinajstić information content (AvgIpc) is 2.77. The Kier molecular flexibility index (Phi) is 2.01. The van der Waals surface area contributed by atoms with Gasteiger partial charge in [-0.2, -0.15) is 5.11 Å². The first-order valence-corrected chi connectivity index (χ1v) is 7.73. The molecule has 0 N–H and O–H groups in total. The number of anilines is 1. The van der Waals surface area contributed by atoms with Crippen LogP contribution in [0.25, 0.3) is 0 Å². The van der Waals surface area contributed by atoms with Crippen molar-refractivity contribution in [3.05, 3.63) is 41.5 Å². The molecule has 4 rings (SSSR count). The molecule has 0 aromatic heterocycles. The number of rotatable bonds is 1. The predicted octanol–water partition coefficient (Wildman–Crippen LogP) is 4.77. The van der Waals surface area contributed by atoms with Crippen LogP contribution in [-0.2, 0) is 0 Å². The maximum absolute atomic E-state index is 4.77. The van der Waals surface area contributed by atoms with E-state index in [-0.39, 0.29) is 21.9 Å². The fraction of sp³-hybridized carbons (Fsp3) is 0.556. The van der Waals surface area contributed by atoms with Crippen LogP contribution < -0.4 is 5.01 Å². The molecule has 3 nitrogen and oxygen atoms in total. The van der Waals surface area contributed by atoms with Gasteiger partial charge in [0.1, 0.15) is 5.54 Å². The normalized spacial score (nSPS) is 46.9. The molecular weight excluding hydrogens is 258 g/mol. The zero-order chi connectivity index (χ0) is 15.3. The number of hydrogen-bond acceptors (Lipinski definition) is 3. The van der Waals surface area contributed by atoms with Gasteiger partial charge in [0.2, 0.25) is 0 Å². The van der Waals surface area contributed by atoms with Crippen LogP contribution in [0.2, 0.25) is 0 Å². The summed E-state index contributed by atoms with van der Waals surface area (Å²) in [6, 6.07) is 10.4. The topological polar surface area (TPSA) is 28.0 Å². The quantitative estimate of drug-likeness (QED) is 0.682. The van der Waals surface area contributed by atoms with Gasteiger partial charge in [-0.3, -0.25) is 0 Å². The van der Waals surface area contributed by atoms with Crippen molar-refractivity contribution in [1.29, 1.82) is 0 Å². The van der Waals surface area contributed by atoms with Crippen LogP contribution in [0.15, 0.2) is 51.8 Å². The molecular formula is C18H23N3. The Hall–Kier alpha value is -1.64. The first-order valence-electron chi connectivity index (χ1n) is 7.73. The van der Waals surface area contributed by atoms with Crippen molar-refractivity contribution in [3.63, 3.8) is 0 Å². The summed E-state index contributed by atoms with van der Waals surface area (Å²) in [6.07, 6.45) is 0. The highest BCUT2D eigenvalue weighted by Gasteiger charge is 2.89. The highest BCUT2D eigenvalue weighted by Crippen LogP contribution is 2.84. The third-order valence-electron chi connectivity index (χ3n) is 7.72. The molecule has 0 amide bonds. The van der Waals surface area contributed by atoms with Crippen LogP contribution in [0.3, 0.4) is 0 Å². The zero-order valence-corrected chi connectivity index (χ0v) is 13.7. The van der Waals surface area contributed by atoms with Gasteiger partial charge >= 0.3 is 0 Å². The minimum atomic E-state index is -0.159. The summed E-state index contributed by atoms with van der Waals surface area (Å²) < 4.78 is 0. The SMILES string of the molecule is CC1=C(C)[C@]2(C)[C@@]1(C)[C@@]1(C)N=NN(c3ccccc3)[C@]12C. The van der Waals surface area contributed by atoms with Crippen LogP contribution in [0, 0.1) is 10.8 Å². The minimum absolute atomic E-state index is 0.0975. The monoisotopic (exact) mass is 281 g/mol. The van der Waals surface area contributed by atoms with Crippen LogP contribution in [0.4, 0.5) is 5.69 Å². The molecule has 3 aliphatic rings. The number of fused-ring (bicyclic) bond motifs is 4. The molecule has 3 heteroatoms. The van der Waals surface area contributed by atoms with Crippen molar-refractivity contribution >= 4 is 5.69 Å². The molecule has 21 heavy (non-hydrogen) atoms. The fourth-order valence-electron chi connectivity index (χ4n) is 5.77. The molecule has 1 fully saturated rings. The van der Waals surface area contributed by atoms with Gasteiger partial charge in [-0.05, 0) is 39.8 Å². The van der Waals surface area contributed by atoms with Gasteiger partial charge in [-0.25, -0.2) is 5.01 Å². The lowest BCUT2D eigenvalue weighted by atomic mass is 9.23. The lowest BCUT2D eigenvalue weighted by Crippen LogP contribution is -2.89. The van der Waals surface area contributed by atoms with E-state index in [2.05, 4.69) is 76.0 Å². The molecule has 0 spiro atoms. The number of hydrogen-bond donors (Lipinski definition) is 0. The van der Waals surface area contributed by atoms with Crippen molar-refractivity contribution in [2.45, 2.75) is 52.6 Å². The summed E-state index contributed by atoms with van der Waals surface area (Å²) in [5.74, 6) is 0. The Morgan fingerprint density at radius 1 is 0.857 bits per heavy atom. The lowest BCUT2D eigenvalue weighted by molar-refractivity contribution is -0.180. The van der Waals surface area contributed by atoms with Gasteiger partial charge < -0.3 is 0 Å². The van der Waals surface area contributed by atoms with Crippen LogP contribution in [-0.4, -0.2) is 11.1 Å². The second-order valence-electron chi connectivity index (χ2n) is 7.48. The highest BCUT2D eigenvalue weighted by molar-refractivity contribution is 5.66. The van der Waals surface area contributed by atoms with E-state index in [1.807, 2.05) is 6.07 Å². The number of para-hydroxylation sites is 1. The average molecular weight is 281 g/mol. The third-order valence-corrected chi connectivity index (χ3v) is 7.72. The molecule has 0 unspecified atom stereocenters. The van der Waals surface area contributed by atoms with E-state index in [4.69, 9.17) is 5.11 Å². The molecule has 1 aliphatic heterocycles. The van der Waals surface area contributed by atoms with Gasteiger partial charge in [-0.1, -0.05) is 48.4 Å². The van der Waals surface area contributed by atoms with E-state index < -0.39 is 0 Å². The third kappa shape index (κ3) is 0.889. The van der Waals surface area contributed by atoms with Crippen molar-refractivity contribution in [2.24, 2.45) is 21.2 Å². The molecule has 1 saturated carbocycles. The molecule has 0 saturated heterocycles. The molecule has 110 valence electrons. The highest BCUT2D eigenvalue weighted by atomic mass is 15.7. The Labute approximate surface area is 126 Å². The largest absolute Gasteiger partial charge is 0.238 e. The molecule has 1 aromatic carbocycles. The summed E-state index contributed by atoms with van der Waals surface area (Å²) in [7, 11) is 0. The molecule has 0 radical (unpaired) electrons. The molecule has 1 heterocycles. The number of benzene rings is 1. The van der Waals surface area contributed by atoms with E-state index in [1.54, 1.807) is 0 Å². The minimum Gasteiger partial charge on any atom is -0.238 e. The van der Waals surface area contributed by atoms with Crippen molar-refractivity contribution in [1.82, 2.24) is 0 Å². The standard InChI is InChI=1S/C18H23N3/c1-12-13(2)16(4)15(12,3)17(5)18(16,6)21(20-19-17)14-10-8-7-9-11-14/h7-11H,1-6H3/t15-,16+,17+,18-/m0/s1. The van der Waals surface area contributed by atoms with Crippen LogP contribution in [0.5, 0.6) is 0 Å². The maximum atomic E-state index is 4.77. The first kappa shape index (κ1) is 13.1. The predicted molar refractivity (Wildman–Crippen MR) is 85.2 cm³/mol. The van der Waals surface area contributed by atoms with E-state index in [0.29, 0.717) is 0 Å². The van der Waals surface area contributed by atoms with E-state index in [9.17, 15) is 0 Å². The Morgan fingerprint density at radius 2 is 1.43 bits per heavy atom. The van der Waals surface area contributed by atoms with Gasteiger partial charge in [0, 0.05) is 10.8 Å². The van der Waals surface area contributed by atoms with Crippen LogP contribution in [0.1, 0.15) is 41.5 Å². The lowest BCUT2D eigenvalue weighted by Gasteiger charge is -2.81. The number of nitrogens with zero attached hydrogens (tertiary/aromatic N) is 3. The van der Waals surface area contributed by atoms with E-state index in [0.717, 1.165) is 5.69 Å². The van der Waals surface area contributed by atoms with Crippen molar-refractivity contribution in [3.8, 4) is 0 Å². The zero-order valence-electron chi connectivity index (χ0n) is 13.7. The summed E-state index contributed by atoms with van der Waals surface area (Å²) in [5.41, 5.74) is 4.13. The Balaban J connectivity index is 1.92. The smallest absolute Gasteiger partial charge is 0.117 e. The van der Waals surface area contributed by atoms with Crippen LogP contribution >= 0.6 is 0 Å². The molecule has 1 aromatic rings. The summed E-state index contributed by atoms with van der Waals surface area (Å²) >= 11 is 0. The van der Waals surface area contributed by atoms with E-state index in [1.165, 1.54) is 11.1 Å². The summed E-state index contributed by atoms with van der Waals surface area (Å²) in [6.45, 7) is 13.9. The van der Waals surface area contributed by atoms with E-state index >= 15 is 0 Å². The van der Waals surface area contributed by atoms with Gasteiger partial charge in [0.15, 0.2) is 0 Å². The van der Waals surface area contributed by atoms with Crippen molar-refractivity contribution in [2.75, 3.05) is 5.01 Å². The second-order valence-corrected chi connectivity index (χ2v) is 7.48. The molecule has 4 atom stereocenters. The summed E-state index contributed by atoms with van der Waals surface area (Å²) in [5, 5.41) is 11.5. The summed E-state index contributed by atoms with van der Waals surface area (Å²) in [4.78, 5) is 0. The Morgan fingerprint density at radius 3 is 2.05 bits per heavy atom. The van der Waals surface area contributed by atoms with Gasteiger partial charge in [0.05, 0.1) is 11.2 Å². The fourth-order valence-corrected chi connectivity index (χ4v) is 5.77.